The second-order valence-electron chi connectivity index (χ2n) is 5.32. The minimum Gasteiger partial charge on any atom is -0.339 e. The molecular weight excluding hydrogens is 331 g/mol. The molecule has 0 radical (unpaired) electrons. The first-order valence-electron chi connectivity index (χ1n) is 7.32. The Morgan fingerprint density at radius 2 is 2.17 bits per heavy atom. The summed E-state index contributed by atoms with van der Waals surface area (Å²) in [4.78, 5) is 20.3. The highest BCUT2D eigenvalue weighted by molar-refractivity contribution is 7.13. The summed E-state index contributed by atoms with van der Waals surface area (Å²) in [6, 6.07) is 4.61. The van der Waals surface area contributed by atoms with E-state index in [1.807, 2.05) is 12.3 Å². The van der Waals surface area contributed by atoms with Crippen molar-refractivity contribution in [3.05, 3.63) is 46.5 Å². The molecule has 0 aliphatic heterocycles. The molecule has 6 nitrogen and oxygen atoms in total. The van der Waals surface area contributed by atoms with Gasteiger partial charge in [0.2, 0.25) is 17.6 Å². The molecule has 0 unspecified atom stereocenters. The minimum absolute atomic E-state index is 0.165. The highest BCUT2D eigenvalue weighted by Gasteiger charge is 2.12. The topological polar surface area (TPSA) is 80.9 Å². The number of thiazole rings is 1. The summed E-state index contributed by atoms with van der Waals surface area (Å²) in [6.45, 7) is 3.54. The van der Waals surface area contributed by atoms with Gasteiger partial charge >= 0.3 is 0 Å². The number of anilines is 1. The van der Waals surface area contributed by atoms with Crippen molar-refractivity contribution >= 4 is 22.4 Å². The number of nitrogens with one attached hydrogen (secondary N) is 1. The summed E-state index contributed by atoms with van der Waals surface area (Å²) in [7, 11) is 0. The third-order valence-electron chi connectivity index (χ3n) is 3.32. The van der Waals surface area contributed by atoms with Crippen molar-refractivity contribution in [3.63, 3.8) is 0 Å². The van der Waals surface area contributed by atoms with E-state index < -0.39 is 0 Å². The van der Waals surface area contributed by atoms with Crippen LogP contribution in [0, 0.1) is 19.7 Å². The zero-order valence-electron chi connectivity index (χ0n) is 13.2. The number of carbonyl (C=O) groups excluding carboxylic acids is 1. The van der Waals surface area contributed by atoms with Crippen molar-refractivity contribution < 1.29 is 13.7 Å². The minimum atomic E-state index is -0.281. The van der Waals surface area contributed by atoms with Crippen molar-refractivity contribution in [2.45, 2.75) is 26.7 Å². The Balaban J connectivity index is 1.59. The molecule has 0 spiro atoms. The van der Waals surface area contributed by atoms with Crippen molar-refractivity contribution in [2.24, 2.45) is 0 Å². The van der Waals surface area contributed by atoms with Gasteiger partial charge in [-0.05, 0) is 37.6 Å². The third-order valence-corrected chi connectivity index (χ3v) is 4.19. The van der Waals surface area contributed by atoms with E-state index in [4.69, 9.17) is 4.52 Å². The summed E-state index contributed by atoms with van der Waals surface area (Å²) >= 11 is 1.38. The Hall–Kier alpha value is -2.61. The molecule has 124 valence electrons. The first kappa shape index (κ1) is 16.3. The zero-order valence-corrected chi connectivity index (χ0v) is 14.0. The van der Waals surface area contributed by atoms with Gasteiger partial charge in [-0.3, -0.25) is 4.79 Å². The van der Waals surface area contributed by atoms with Crippen LogP contribution < -0.4 is 5.32 Å². The second kappa shape index (κ2) is 6.88. The van der Waals surface area contributed by atoms with Gasteiger partial charge in [-0.15, -0.1) is 11.3 Å². The summed E-state index contributed by atoms with van der Waals surface area (Å²) in [6.07, 6.45) is 0.534. The van der Waals surface area contributed by atoms with E-state index in [-0.39, 0.29) is 18.1 Å². The van der Waals surface area contributed by atoms with Gasteiger partial charge in [0, 0.05) is 23.8 Å². The van der Waals surface area contributed by atoms with Gasteiger partial charge in [-0.25, -0.2) is 9.37 Å². The molecular formula is C16H15FN4O2S. The third kappa shape index (κ3) is 3.83. The molecule has 0 saturated carbocycles. The number of hydrogen-bond donors (Lipinski definition) is 1. The summed E-state index contributed by atoms with van der Waals surface area (Å²) in [5.41, 5.74) is 2.05. The highest BCUT2D eigenvalue weighted by atomic mass is 32.1. The number of halogens is 1. The number of amides is 1. The van der Waals surface area contributed by atoms with Crippen LogP contribution in [0.15, 0.2) is 28.1 Å². The summed E-state index contributed by atoms with van der Waals surface area (Å²) < 4.78 is 18.4. The zero-order chi connectivity index (χ0) is 17.1. The number of aromatic nitrogens is 3. The van der Waals surface area contributed by atoms with E-state index >= 15 is 0 Å². The van der Waals surface area contributed by atoms with Crippen LogP contribution in [0.1, 0.15) is 23.6 Å². The maximum atomic E-state index is 13.3. The lowest BCUT2D eigenvalue weighted by Gasteiger charge is -1.99. The lowest BCUT2D eigenvalue weighted by Crippen LogP contribution is -2.12. The van der Waals surface area contributed by atoms with Gasteiger partial charge < -0.3 is 9.84 Å². The molecule has 3 aromatic rings. The van der Waals surface area contributed by atoms with Crippen LogP contribution in [-0.2, 0) is 11.2 Å². The van der Waals surface area contributed by atoms with Crippen molar-refractivity contribution in [1.29, 1.82) is 0 Å². The molecule has 1 aromatic carbocycles. The number of nitrogens with zero attached hydrogens (tertiary/aromatic N) is 3. The molecule has 2 heterocycles. The summed E-state index contributed by atoms with van der Waals surface area (Å²) in [5.74, 6) is 0.291. The first-order chi connectivity index (χ1) is 11.5. The van der Waals surface area contributed by atoms with Crippen LogP contribution >= 0.6 is 11.3 Å². The average molecular weight is 346 g/mol. The number of carbonyl (C=O) groups is 1. The van der Waals surface area contributed by atoms with E-state index in [0.717, 1.165) is 5.69 Å². The van der Waals surface area contributed by atoms with Crippen LogP contribution in [-0.4, -0.2) is 21.0 Å². The SMILES string of the molecule is Cc1csc(NC(=O)CCc2nc(-c3ccc(F)c(C)c3)no2)n1. The lowest BCUT2D eigenvalue weighted by molar-refractivity contribution is -0.116. The normalized spacial score (nSPS) is 10.8. The van der Waals surface area contributed by atoms with Crippen LogP contribution in [0.4, 0.5) is 9.52 Å². The van der Waals surface area contributed by atoms with Gasteiger partial charge in [-0.2, -0.15) is 4.98 Å². The summed E-state index contributed by atoms with van der Waals surface area (Å²) in [5, 5.41) is 9.03. The fourth-order valence-electron chi connectivity index (χ4n) is 2.07. The molecule has 1 amide bonds. The number of hydrogen-bond acceptors (Lipinski definition) is 6. The largest absolute Gasteiger partial charge is 0.339 e. The Bertz CT molecular complexity index is 875. The van der Waals surface area contributed by atoms with E-state index in [9.17, 15) is 9.18 Å². The molecule has 0 aliphatic carbocycles. The molecule has 0 fully saturated rings. The molecule has 0 atom stereocenters. The highest BCUT2D eigenvalue weighted by Crippen LogP contribution is 2.20. The van der Waals surface area contributed by atoms with Crippen LogP contribution in [0.25, 0.3) is 11.4 Å². The Labute approximate surface area is 141 Å². The van der Waals surface area contributed by atoms with Gasteiger partial charge in [-0.1, -0.05) is 5.16 Å². The molecule has 24 heavy (non-hydrogen) atoms. The maximum Gasteiger partial charge on any atom is 0.227 e. The lowest BCUT2D eigenvalue weighted by atomic mass is 10.1. The number of benzene rings is 1. The van der Waals surface area contributed by atoms with Crippen LogP contribution in [0.2, 0.25) is 0 Å². The average Bonchev–Trinajstić information content (AvgIpc) is 3.17. The Kier molecular flexibility index (Phi) is 4.66. The predicted molar refractivity (Wildman–Crippen MR) is 88.2 cm³/mol. The second-order valence-corrected chi connectivity index (χ2v) is 6.18. The fourth-order valence-corrected chi connectivity index (χ4v) is 2.78. The number of rotatable bonds is 5. The van der Waals surface area contributed by atoms with E-state index in [1.165, 1.54) is 17.4 Å². The molecule has 0 bridgehead atoms. The quantitative estimate of drug-likeness (QED) is 0.764. The predicted octanol–water partition coefficient (Wildman–Crippen LogP) is 3.52. The van der Waals surface area contributed by atoms with Gasteiger partial charge in [0.05, 0.1) is 5.69 Å². The first-order valence-corrected chi connectivity index (χ1v) is 8.20. The van der Waals surface area contributed by atoms with Gasteiger partial charge in [0.25, 0.3) is 0 Å². The molecule has 8 heteroatoms. The molecule has 0 aliphatic rings. The molecule has 3 rings (SSSR count). The van der Waals surface area contributed by atoms with Crippen LogP contribution in [0.5, 0.6) is 0 Å². The maximum absolute atomic E-state index is 13.3. The monoisotopic (exact) mass is 346 g/mol. The molecule has 0 saturated heterocycles. The molecule has 2 aromatic heterocycles. The molecule has 1 N–H and O–H groups in total. The smallest absolute Gasteiger partial charge is 0.227 e. The van der Waals surface area contributed by atoms with E-state index in [0.29, 0.717) is 34.4 Å². The van der Waals surface area contributed by atoms with Crippen molar-refractivity contribution in [2.75, 3.05) is 5.32 Å². The Morgan fingerprint density at radius 1 is 1.33 bits per heavy atom. The van der Waals surface area contributed by atoms with E-state index in [1.54, 1.807) is 19.1 Å². The van der Waals surface area contributed by atoms with Gasteiger partial charge in [0.15, 0.2) is 5.13 Å². The number of aryl methyl sites for hydroxylation is 3. The van der Waals surface area contributed by atoms with Crippen molar-refractivity contribution in [3.8, 4) is 11.4 Å². The van der Waals surface area contributed by atoms with Gasteiger partial charge in [0.1, 0.15) is 5.82 Å². The van der Waals surface area contributed by atoms with Crippen LogP contribution in [0.3, 0.4) is 0 Å². The Morgan fingerprint density at radius 3 is 2.88 bits per heavy atom. The fraction of sp³-hybridized carbons (Fsp3) is 0.250. The standard InChI is InChI=1S/C16H15FN4O2S/c1-9-7-11(3-4-12(9)17)15-20-14(23-21-15)6-5-13(22)19-16-18-10(2)8-24-16/h3-4,7-8H,5-6H2,1-2H3,(H,18,19,22). The van der Waals surface area contributed by atoms with Crippen molar-refractivity contribution in [1.82, 2.24) is 15.1 Å². The van der Waals surface area contributed by atoms with E-state index in [2.05, 4.69) is 20.4 Å².